The Kier molecular flexibility index (Phi) is 7.04. The standard InChI is InChI=1S/C28H26N4O4S/c1-18(22-14-21(34-2)10-12-25(22)35-3)31-32-24(17-37-28(32)29-15-19-7-5-4-6-8-19)20-9-11-26-23(13-20)30-27(33)16-36-26/h4-14,17H,15-16H2,1-3H3,(H,30,33). The van der Waals surface area contributed by atoms with E-state index in [9.17, 15) is 4.79 Å². The van der Waals surface area contributed by atoms with Gasteiger partial charge in [-0.1, -0.05) is 30.3 Å². The summed E-state index contributed by atoms with van der Waals surface area (Å²) in [5.41, 5.74) is 4.98. The fourth-order valence-electron chi connectivity index (χ4n) is 3.99. The van der Waals surface area contributed by atoms with E-state index >= 15 is 0 Å². The van der Waals surface area contributed by atoms with Crippen molar-refractivity contribution in [3.05, 3.63) is 88.0 Å². The van der Waals surface area contributed by atoms with Gasteiger partial charge in [-0.25, -0.2) is 4.68 Å². The summed E-state index contributed by atoms with van der Waals surface area (Å²) in [7, 11) is 3.26. The number of methoxy groups -OCH3 is 2. The number of fused-ring (bicyclic) bond motifs is 1. The molecule has 0 saturated heterocycles. The minimum absolute atomic E-state index is 0.0131. The molecule has 0 atom stereocenters. The Bertz CT molecular complexity index is 1540. The number of ether oxygens (including phenoxy) is 3. The highest BCUT2D eigenvalue weighted by atomic mass is 32.1. The van der Waals surface area contributed by atoms with Crippen LogP contribution in [0.3, 0.4) is 0 Å². The molecule has 1 aromatic heterocycles. The third kappa shape index (κ3) is 5.26. The predicted molar refractivity (Wildman–Crippen MR) is 145 cm³/mol. The Hall–Kier alpha value is -4.37. The molecule has 3 aromatic carbocycles. The molecule has 1 amide bonds. The Balaban J connectivity index is 1.63. The topological polar surface area (TPSA) is 86.4 Å². The maximum absolute atomic E-state index is 11.9. The third-order valence-electron chi connectivity index (χ3n) is 5.88. The lowest BCUT2D eigenvalue weighted by Crippen LogP contribution is -2.25. The molecule has 1 aliphatic rings. The van der Waals surface area contributed by atoms with Crippen LogP contribution in [0.15, 0.2) is 82.2 Å². The van der Waals surface area contributed by atoms with Gasteiger partial charge in [-0.3, -0.25) is 9.79 Å². The van der Waals surface area contributed by atoms with Gasteiger partial charge >= 0.3 is 0 Å². The third-order valence-corrected chi connectivity index (χ3v) is 6.73. The van der Waals surface area contributed by atoms with Crippen molar-refractivity contribution in [1.29, 1.82) is 0 Å². The van der Waals surface area contributed by atoms with Crippen molar-refractivity contribution in [3.63, 3.8) is 0 Å². The molecular formula is C28H26N4O4S. The van der Waals surface area contributed by atoms with Crippen LogP contribution in [0.5, 0.6) is 17.2 Å². The molecule has 0 saturated carbocycles. The first-order valence-electron chi connectivity index (χ1n) is 11.7. The Labute approximate surface area is 218 Å². The molecule has 37 heavy (non-hydrogen) atoms. The number of hydrogen-bond acceptors (Lipinski definition) is 7. The zero-order chi connectivity index (χ0) is 25.8. The first-order valence-corrected chi connectivity index (χ1v) is 12.5. The smallest absolute Gasteiger partial charge is 0.262 e. The molecule has 1 aliphatic heterocycles. The minimum atomic E-state index is -0.180. The lowest BCUT2D eigenvalue weighted by atomic mass is 10.1. The summed E-state index contributed by atoms with van der Waals surface area (Å²) in [4.78, 5) is 17.5. The average Bonchev–Trinajstić information content (AvgIpc) is 3.33. The molecule has 0 bridgehead atoms. The number of nitrogens with zero attached hydrogens (tertiary/aromatic N) is 3. The minimum Gasteiger partial charge on any atom is -0.497 e. The van der Waals surface area contributed by atoms with E-state index in [1.165, 1.54) is 11.3 Å². The monoisotopic (exact) mass is 514 g/mol. The van der Waals surface area contributed by atoms with Gasteiger partial charge in [0.25, 0.3) is 5.91 Å². The molecule has 188 valence electrons. The number of nitrogens with one attached hydrogen (secondary N) is 1. The van der Waals surface area contributed by atoms with Gasteiger partial charge in [-0.2, -0.15) is 5.10 Å². The molecule has 0 unspecified atom stereocenters. The van der Waals surface area contributed by atoms with Crippen molar-refractivity contribution in [2.75, 3.05) is 26.1 Å². The molecule has 4 aromatic rings. The lowest BCUT2D eigenvalue weighted by molar-refractivity contribution is -0.118. The number of rotatable bonds is 7. The Morgan fingerprint density at radius 3 is 2.70 bits per heavy atom. The van der Waals surface area contributed by atoms with Crippen LogP contribution in [0.4, 0.5) is 5.69 Å². The van der Waals surface area contributed by atoms with E-state index in [0.29, 0.717) is 29.5 Å². The van der Waals surface area contributed by atoms with Crippen LogP contribution >= 0.6 is 11.3 Å². The van der Waals surface area contributed by atoms with Crippen LogP contribution in [0, 0.1) is 0 Å². The van der Waals surface area contributed by atoms with Crippen LogP contribution in [-0.2, 0) is 11.3 Å². The summed E-state index contributed by atoms with van der Waals surface area (Å²) in [5.74, 6) is 1.86. The Morgan fingerprint density at radius 2 is 1.92 bits per heavy atom. The van der Waals surface area contributed by atoms with Crippen molar-refractivity contribution < 1.29 is 19.0 Å². The summed E-state index contributed by atoms with van der Waals surface area (Å²) in [5, 5.41) is 9.87. The highest BCUT2D eigenvalue weighted by Gasteiger charge is 2.18. The van der Waals surface area contributed by atoms with Gasteiger partial charge in [0.1, 0.15) is 17.2 Å². The number of carbonyl (C=O) groups is 1. The zero-order valence-electron chi connectivity index (χ0n) is 20.7. The number of amides is 1. The Morgan fingerprint density at radius 1 is 1.08 bits per heavy atom. The average molecular weight is 515 g/mol. The van der Waals surface area contributed by atoms with E-state index in [0.717, 1.165) is 32.9 Å². The van der Waals surface area contributed by atoms with Crippen LogP contribution < -0.4 is 24.3 Å². The van der Waals surface area contributed by atoms with Gasteiger partial charge in [-0.15, -0.1) is 11.3 Å². The molecule has 0 fully saturated rings. The number of benzene rings is 3. The van der Waals surface area contributed by atoms with Gasteiger partial charge in [0.15, 0.2) is 6.61 Å². The summed E-state index contributed by atoms with van der Waals surface area (Å²) in [6.45, 7) is 2.46. The SMILES string of the molecule is COc1ccc(OC)c(C(C)=Nn2c(-c3ccc4c(c3)NC(=O)CO4)csc2=NCc2ccccc2)c1. The van der Waals surface area contributed by atoms with E-state index in [1.807, 2.05) is 83.7 Å². The highest BCUT2D eigenvalue weighted by Crippen LogP contribution is 2.33. The summed E-state index contributed by atoms with van der Waals surface area (Å²) >= 11 is 1.50. The number of hydrogen-bond donors (Lipinski definition) is 1. The highest BCUT2D eigenvalue weighted by molar-refractivity contribution is 7.07. The van der Waals surface area contributed by atoms with Crippen LogP contribution in [0.1, 0.15) is 18.1 Å². The van der Waals surface area contributed by atoms with Gasteiger partial charge in [0.2, 0.25) is 4.80 Å². The summed E-state index contributed by atoms with van der Waals surface area (Å²) in [6, 6.07) is 21.4. The van der Waals surface area contributed by atoms with Crippen LogP contribution in [0.25, 0.3) is 11.3 Å². The fourth-order valence-corrected chi connectivity index (χ4v) is 4.82. The van der Waals surface area contributed by atoms with E-state index in [-0.39, 0.29) is 12.5 Å². The van der Waals surface area contributed by atoms with Gasteiger partial charge in [-0.05, 0) is 48.9 Å². The quantitative estimate of drug-likeness (QED) is 0.354. The van der Waals surface area contributed by atoms with Gasteiger partial charge in [0.05, 0.1) is 37.9 Å². The number of anilines is 1. The number of thiazole rings is 1. The molecule has 0 spiro atoms. The van der Waals surface area contributed by atoms with E-state index < -0.39 is 0 Å². The second-order valence-corrected chi connectivity index (χ2v) is 9.15. The molecule has 1 N–H and O–H groups in total. The molecule has 2 heterocycles. The van der Waals surface area contributed by atoms with Crippen molar-refractivity contribution >= 4 is 28.6 Å². The van der Waals surface area contributed by atoms with E-state index in [2.05, 4.69) is 5.32 Å². The predicted octanol–water partition coefficient (Wildman–Crippen LogP) is 4.94. The van der Waals surface area contributed by atoms with Crippen molar-refractivity contribution in [2.24, 2.45) is 10.1 Å². The molecule has 0 radical (unpaired) electrons. The fraction of sp³-hybridized carbons (Fsp3) is 0.179. The van der Waals surface area contributed by atoms with E-state index in [1.54, 1.807) is 14.2 Å². The first kappa shape index (κ1) is 24.3. The van der Waals surface area contributed by atoms with Crippen LogP contribution in [-0.4, -0.2) is 37.1 Å². The maximum Gasteiger partial charge on any atom is 0.262 e. The van der Waals surface area contributed by atoms with Gasteiger partial charge in [0, 0.05) is 16.5 Å². The zero-order valence-corrected chi connectivity index (χ0v) is 21.5. The number of aromatic nitrogens is 1. The lowest BCUT2D eigenvalue weighted by Gasteiger charge is -2.18. The molecule has 0 aliphatic carbocycles. The maximum atomic E-state index is 11.9. The normalized spacial score (nSPS) is 13.5. The molecular weight excluding hydrogens is 488 g/mol. The largest absolute Gasteiger partial charge is 0.497 e. The van der Waals surface area contributed by atoms with Crippen molar-refractivity contribution in [3.8, 4) is 28.5 Å². The summed E-state index contributed by atoms with van der Waals surface area (Å²) < 4.78 is 18.4. The van der Waals surface area contributed by atoms with Crippen LogP contribution in [0.2, 0.25) is 0 Å². The molecule has 9 heteroatoms. The molecule has 8 nitrogen and oxygen atoms in total. The molecule has 5 rings (SSSR count). The second-order valence-electron chi connectivity index (χ2n) is 8.32. The first-order chi connectivity index (χ1) is 18.1. The number of carbonyl (C=O) groups excluding carboxylic acids is 1. The van der Waals surface area contributed by atoms with E-state index in [4.69, 9.17) is 24.3 Å². The van der Waals surface area contributed by atoms with Gasteiger partial charge < -0.3 is 19.5 Å². The van der Waals surface area contributed by atoms with Crippen molar-refractivity contribution in [1.82, 2.24) is 4.68 Å². The van der Waals surface area contributed by atoms with Crippen molar-refractivity contribution in [2.45, 2.75) is 13.5 Å². The second kappa shape index (κ2) is 10.7. The summed E-state index contributed by atoms with van der Waals surface area (Å²) in [6.07, 6.45) is 0.